The first kappa shape index (κ1) is 29.2. The van der Waals surface area contributed by atoms with Crippen molar-refractivity contribution < 1.29 is 33.6 Å². The smallest absolute Gasteiger partial charge is 0.177 e. The van der Waals surface area contributed by atoms with E-state index in [4.69, 9.17) is 24.2 Å². The molecule has 204 valence electrons. The Kier molecular flexibility index (Phi) is 11.2. The number of ketones is 1. The summed E-state index contributed by atoms with van der Waals surface area (Å²) in [6.07, 6.45) is 3.81. The van der Waals surface area contributed by atoms with E-state index < -0.39 is 12.1 Å². The van der Waals surface area contributed by atoms with Gasteiger partial charge in [-0.05, 0) is 61.2 Å². The Balaban J connectivity index is 1.66. The molecular formula is C29H34NO7S-. The Labute approximate surface area is 228 Å². The Morgan fingerprint density at radius 2 is 1.74 bits per heavy atom. The van der Waals surface area contributed by atoms with Crippen LogP contribution < -0.4 is 24.1 Å². The topological polar surface area (TPSA) is 118 Å². The molecule has 0 aromatic heterocycles. The molecule has 1 aliphatic rings. The second-order valence-electron chi connectivity index (χ2n) is 8.97. The number of carboxylic acids is 1. The number of ether oxygens (including phenoxy) is 4. The van der Waals surface area contributed by atoms with Gasteiger partial charge in [0, 0.05) is 17.5 Å². The van der Waals surface area contributed by atoms with Gasteiger partial charge in [-0.2, -0.15) is 5.26 Å². The number of benzene rings is 2. The predicted molar refractivity (Wildman–Crippen MR) is 143 cm³/mol. The van der Waals surface area contributed by atoms with Crippen molar-refractivity contribution >= 4 is 23.5 Å². The Bertz CT molecular complexity index is 1170. The molecule has 2 aromatic carbocycles. The average Bonchev–Trinajstić information content (AvgIpc) is 2.92. The number of nitrogens with zero attached hydrogens (tertiary/aromatic N) is 1. The van der Waals surface area contributed by atoms with E-state index in [1.165, 1.54) is 7.11 Å². The van der Waals surface area contributed by atoms with Gasteiger partial charge in [-0.15, -0.1) is 0 Å². The molecule has 2 aromatic rings. The van der Waals surface area contributed by atoms with Crippen molar-refractivity contribution in [3.63, 3.8) is 0 Å². The van der Waals surface area contributed by atoms with Crippen LogP contribution >= 0.6 is 11.8 Å². The number of hydrogen-bond donors (Lipinski definition) is 0. The molecule has 1 aliphatic heterocycles. The van der Waals surface area contributed by atoms with Gasteiger partial charge in [-0.25, -0.2) is 0 Å². The van der Waals surface area contributed by atoms with Crippen LogP contribution in [0.4, 0.5) is 0 Å². The summed E-state index contributed by atoms with van der Waals surface area (Å²) in [7, 11) is 1.53. The van der Waals surface area contributed by atoms with E-state index >= 15 is 0 Å². The van der Waals surface area contributed by atoms with Crippen LogP contribution in [0, 0.1) is 10.7 Å². The summed E-state index contributed by atoms with van der Waals surface area (Å²) >= 11 is 0.902. The molecule has 0 spiro atoms. The van der Waals surface area contributed by atoms with Crippen molar-refractivity contribution in [3.05, 3.63) is 46.5 Å². The minimum atomic E-state index is -1.20. The number of methoxy groups -OCH3 is 1. The summed E-state index contributed by atoms with van der Waals surface area (Å²) in [6.45, 7) is 4.90. The first-order chi connectivity index (χ1) is 18.4. The van der Waals surface area contributed by atoms with Crippen LogP contribution in [0.3, 0.4) is 0 Å². The maximum absolute atomic E-state index is 12.5. The van der Waals surface area contributed by atoms with Crippen LogP contribution in [0.1, 0.15) is 66.6 Å². The number of carbonyl (C=O) groups excluding carboxylic acids is 2. The predicted octanol–water partition coefficient (Wildman–Crippen LogP) is 4.29. The van der Waals surface area contributed by atoms with Gasteiger partial charge in [0.2, 0.25) is 0 Å². The number of carboxylic acid groups (broad SMARTS) is 1. The Morgan fingerprint density at radius 3 is 2.37 bits per heavy atom. The zero-order chi connectivity index (χ0) is 27.5. The fourth-order valence-electron chi connectivity index (χ4n) is 4.56. The summed E-state index contributed by atoms with van der Waals surface area (Å²) in [4.78, 5) is 23.9. The molecular weight excluding hydrogens is 506 g/mol. The highest BCUT2D eigenvalue weighted by atomic mass is 32.2. The number of aliphatic carboxylic acids is 1. The average molecular weight is 541 g/mol. The van der Waals surface area contributed by atoms with E-state index in [1.54, 1.807) is 12.1 Å². The molecule has 0 radical (unpaired) electrons. The van der Waals surface area contributed by atoms with E-state index in [1.807, 2.05) is 24.5 Å². The SMILES string of the molecule is CCCc1c(OCCCOc2ccc(C(=O)CSC#N)c(OC)c2CCC)ccc2c1OC(C(=O)[O-])CC2. The first-order valence-corrected chi connectivity index (χ1v) is 13.9. The third kappa shape index (κ3) is 7.13. The Morgan fingerprint density at radius 1 is 1.08 bits per heavy atom. The van der Waals surface area contributed by atoms with E-state index in [0.717, 1.165) is 41.3 Å². The largest absolute Gasteiger partial charge is 0.546 e. The fraction of sp³-hybridized carbons (Fsp3) is 0.483. The second kappa shape index (κ2) is 14.5. The van der Waals surface area contributed by atoms with Gasteiger partial charge < -0.3 is 28.8 Å². The van der Waals surface area contributed by atoms with Crippen molar-refractivity contribution in [3.8, 4) is 28.4 Å². The monoisotopic (exact) mass is 540 g/mol. The molecule has 0 saturated heterocycles. The maximum atomic E-state index is 12.5. The van der Waals surface area contributed by atoms with Crippen LogP contribution in [0.5, 0.6) is 23.0 Å². The van der Waals surface area contributed by atoms with Crippen LogP contribution in [0.15, 0.2) is 24.3 Å². The molecule has 1 heterocycles. The molecule has 9 heteroatoms. The fourth-order valence-corrected chi connectivity index (χ4v) is 4.91. The van der Waals surface area contributed by atoms with Crippen LogP contribution in [-0.4, -0.2) is 43.9 Å². The van der Waals surface area contributed by atoms with E-state index in [2.05, 4.69) is 6.92 Å². The lowest BCUT2D eigenvalue weighted by atomic mass is 9.96. The highest BCUT2D eigenvalue weighted by molar-refractivity contribution is 8.04. The normalized spacial score (nSPS) is 14.1. The lowest BCUT2D eigenvalue weighted by Crippen LogP contribution is -2.41. The van der Waals surface area contributed by atoms with Crippen molar-refractivity contribution in [2.75, 3.05) is 26.1 Å². The molecule has 0 saturated carbocycles. The van der Waals surface area contributed by atoms with Gasteiger partial charge in [-0.1, -0.05) is 32.8 Å². The summed E-state index contributed by atoms with van der Waals surface area (Å²) < 4.78 is 23.5. The molecule has 3 rings (SSSR count). The Hall–Kier alpha value is -3.38. The number of hydrogen-bond acceptors (Lipinski definition) is 9. The molecule has 0 N–H and O–H groups in total. The van der Waals surface area contributed by atoms with Crippen LogP contribution in [-0.2, 0) is 24.1 Å². The molecule has 38 heavy (non-hydrogen) atoms. The van der Waals surface area contributed by atoms with Crippen molar-refractivity contribution in [1.82, 2.24) is 0 Å². The summed E-state index contributed by atoms with van der Waals surface area (Å²) in [5, 5.41) is 22.1. The minimum Gasteiger partial charge on any atom is -0.546 e. The molecule has 8 nitrogen and oxygen atoms in total. The van der Waals surface area contributed by atoms with Gasteiger partial charge >= 0.3 is 0 Å². The molecule has 0 aliphatic carbocycles. The minimum absolute atomic E-state index is 0.0670. The van der Waals surface area contributed by atoms with Gasteiger partial charge in [0.25, 0.3) is 0 Å². The number of fused-ring (bicyclic) bond motifs is 1. The van der Waals surface area contributed by atoms with Gasteiger partial charge in [-0.3, -0.25) is 4.79 Å². The summed E-state index contributed by atoms with van der Waals surface area (Å²) in [5.41, 5.74) is 3.17. The molecule has 0 amide bonds. The molecule has 0 bridgehead atoms. The lowest BCUT2D eigenvalue weighted by molar-refractivity contribution is -0.314. The lowest BCUT2D eigenvalue weighted by Gasteiger charge is -2.29. The standard InChI is InChI=1S/C29H35NO7S/c1-4-7-21-24(12-9-19-10-13-26(29(32)33)37-27(19)21)35-15-6-16-36-25-14-11-20(23(31)17-38-18-30)28(34-3)22(25)8-5-2/h9,11-12,14,26H,4-8,10,13,15-17H2,1-3H3,(H,32,33)/p-1. The second-order valence-corrected chi connectivity index (χ2v) is 9.73. The summed E-state index contributed by atoms with van der Waals surface area (Å²) in [6, 6.07) is 7.34. The highest BCUT2D eigenvalue weighted by Gasteiger charge is 2.25. The highest BCUT2D eigenvalue weighted by Crippen LogP contribution is 2.38. The van der Waals surface area contributed by atoms with Crippen LogP contribution in [0.25, 0.3) is 0 Å². The van der Waals surface area contributed by atoms with Crippen molar-refractivity contribution in [1.29, 1.82) is 5.26 Å². The number of carbonyl (C=O) groups is 2. The number of nitriles is 1. The van der Waals surface area contributed by atoms with Crippen LogP contribution in [0.2, 0.25) is 0 Å². The number of aryl methyl sites for hydroxylation is 1. The van der Waals surface area contributed by atoms with Gasteiger partial charge in [0.15, 0.2) is 5.78 Å². The first-order valence-electron chi connectivity index (χ1n) is 13.0. The van der Waals surface area contributed by atoms with E-state index in [0.29, 0.717) is 73.9 Å². The van der Waals surface area contributed by atoms with Gasteiger partial charge in [0.1, 0.15) is 34.5 Å². The maximum Gasteiger partial charge on any atom is 0.177 e. The van der Waals surface area contributed by atoms with Crippen molar-refractivity contribution in [2.24, 2.45) is 0 Å². The van der Waals surface area contributed by atoms with Crippen molar-refractivity contribution in [2.45, 2.75) is 64.9 Å². The third-order valence-electron chi connectivity index (χ3n) is 6.29. The summed E-state index contributed by atoms with van der Waals surface area (Å²) in [5.74, 6) is 1.17. The molecule has 1 atom stereocenters. The van der Waals surface area contributed by atoms with E-state index in [-0.39, 0.29) is 11.5 Å². The van der Waals surface area contributed by atoms with E-state index in [9.17, 15) is 14.7 Å². The third-order valence-corrected chi connectivity index (χ3v) is 6.83. The number of thiocyanates is 1. The molecule has 0 fully saturated rings. The number of thioether (sulfide) groups is 1. The quantitative estimate of drug-likeness (QED) is 0.185. The number of Topliss-reactive ketones (excluding diaryl/α,β-unsaturated/α-hetero) is 1. The van der Waals surface area contributed by atoms with Gasteiger partial charge in [0.05, 0.1) is 37.6 Å². The molecule has 1 unspecified atom stereocenters. The number of rotatable bonds is 15. The zero-order valence-corrected chi connectivity index (χ0v) is 23.0. The zero-order valence-electron chi connectivity index (χ0n) is 22.2.